The van der Waals surface area contributed by atoms with Crippen molar-refractivity contribution in [3.8, 4) is 5.75 Å². The molecule has 1 atom stereocenters. The molecule has 1 aromatic rings. The topological polar surface area (TPSA) is 72.6 Å². The minimum Gasteiger partial charge on any atom is -0.484 e. The maximum atomic E-state index is 12.4. The van der Waals surface area contributed by atoms with Crippen LogP contribution in [0.1, 0.15) is 36.5 Å². The van der Waals surface area contributed by atoms with Gasteiger partial charge in [-0.15, -0.1) is 0 Å². The second-order valence-corrected chi connectivity index (χ2v) is 5.45. The average Bonchev–Trinajstić information content (AvgIpc) is 2.52. The molecule has 1 aromatic carbocycles. The predicted octanol–water partition coefficient (Wildman–Crippen LogP) is 1.81. The highest BCUT2D eigenvalue weighted by molar-refractivity contribution is 5.94. The summed E-state index contributed by atoms with van der Waals surface area (Å²) >= 11 is 0. The molecule has 1 unspecified atom stereocenters. The van der Waals surface area contributed by atoms with Gasteiger partial charge in [0.2, 0.25) is 0 Å². The summed E-state index contributed by atoms with van der Waals surface area (Å²) in [4.78, 5) is 25.0. The fourth-order valence-corrected chi connectivity index (χ4v) is 2.61. The van der Waals surface area contributed by atoms with Crippen molar-refractivity contribution >= 4 is 11.8 Å². The number of carbonyl (C=O) groups excluding carboxylic acids is 2. The number of likely N-dealkylation sites (tertiary alicyclic amines) is 1. The van der Waals surface area contributed by atoms with Crippen LogP contribution in [-0.4, -0.2) is 36.4 Å². The smallest absolute Gasteiger partial charge is 0.255 e. The van der Waals surface area contributed by atoms with E-state index in [1.807, 2.05) is 4.90 Å². The number of piperidine rings is 1. The molecule has 0 aliphatic carbocycles. The molecule has 114 valence electrons. The predicted molar refractivity (Wildman–Crippen MR) is 80.0 cm³/mol. The lowest BCUT2D eigenvalue weighted by molar-refractivity contribution is -0.119. The van der Waals surface area contributed by atoms with Gasteiger partial charge in [0.1, 0.15) is 5.75 Å². The Morgan fingerprint density at radius 1 is 1.33 bits per heavy atom. The van der Waals surface area contributed by atoms with Crippen LogP contribution in [0, 0.1) is 5.92 Å². The summed E-state index contributed by atoms with van der Waals surface area (Å²) < 4.78 is 5.18. The van der Waals surface area contributed by atoms with Crippen LogP contribution in [-0.2, 0) is 4.79 Å². The number of hydrogen-bond donors (Lipinski definition) is 1. The zero-order valence-electron chi connectivity index (χ0n) is 12.4. The highest BCUT2D eigenvalue weighted by Crippen LogP contribution is 2.21. The SMILES string of the molecule is CCC1CCCN(C(=O)c2ccc(OCC(N)=O)cc2)C1. The first kappa shape index (κ1) is 15.4. The Morgan fingerprint density at radius 2 is 2.05 bits per heavy atom. The Bertz CT molecular complexity index is 499. The van der Waals surface area contributed by atoms with E-state index in [9.17, 15) is 9.59 Å². The van der Waals surface area contributed by atoms with Gasteiger partial charge >= 0.3 is 0 Å². The number of primary amides is 1. The van der Waals surface area contributed by atoms with Crippen molar-refractivity contribution in [2.24, 2.45) is 11.7 Å². The van der Waals surface area contributed by atoms with Crippen molar-refractivity contribution in [2.75, 3.05) is 19.7 Å². The zero-order chi connectivity index (χ0) is 15.2. The molecule has 5 nitrogen and oxygen atoms in total. The van der Waals surface area contributed by atoms with Gasteiger partial charge in [-0.2, -0.15) is 0 Å². The molecule has 1 aliphatic rings. The third-order valence-electron chi connectivity index (χ3n) is 3.87. The highest BCUT2D eigenvalue weighted by Gasteiger charge is 2.23. The minimum absolute atomic E-state index is 0.0644. The minimum atomic E-state index is -0.519. The molecule has 1 aliphatic heterocycles. The molecule has 2 amide bonds. The van der Waals surface area contributed by atoms with Crippen LogP contribution in [0.15, 0.2) is 24.3 Å². The van der Waals surface area contributed by atoms with E-state index < -0.39 is 5.91 Å². The summed E-state index contributed by atoms with van der Waals surface area (Å²) in [5.74, 6) is 0.694. The van der Waals surface area contributed by atoms with Crippen LogP contribution in [0.4, 0.5) is 0 Å². The number of carbonyl (C=O) groups is 2. The molecule has 2 N–H and O–H groups in total. The van der Waals surface area contributed by atoms with E-state index in [2.05, 4.69) is 6.92 Å². The van der Waals surface area contributed by atoms with E-state index >= 15 is 0 Å². The fourth-order valence-electron chi connectivity index (χ4n) is 2.61. The van der Waals surface area contributed by atoms with Gasteiger partial charge in [-0.3, -0.25) is 9.59 Å². The standard InChI is InChI=1S/C16H22N2O3/c1-2-12-4-3-9-18(10-12)16(20)13-5-7-14(8-6-13)21-11-15(17)19/h5-8,12H,2-4,9-11H2,1H3,(H2,17,19). The Kier molecular flexibility index (Phi) is 5.20. The molecule has 2 rings (SSSR count). The number of rotatable bonds is 5. The molecule has 5 heteroatoms. The van der Waals surface area contributed by atoms with Crippen molar-refractivity contribution in [3.63, 3.8) is 0 Å². The summed E-state index contributed by atoms with van der Waals surface area (Å²) in [5.41, 5.74) is 5.67. The molecular weight excluding hydrogens is 268 g/mol. The van der Waals surface area contributed by atoms with Crippen LogP contribution in [0.5, 0.6) is 5.75 Å². The van der Waals surface area contributed by atoms with Crippen molar-refractivity contribution in [1.29, 1.82) is 0 Å². The van der Waals surface area contributed by atoms with Crippen molar-refractivity contribution in [3.05, 3.63) is 29.8 Å². The van der Waals surface area contributed by atoms with E-state index in [0.29, 0.717) is 17.2 Å². The molecule has 1 heterocycles. The number of amides is 2. The highest BCUT2D eigenvalue weighted by atomic mass is 16.5. The molecule has 0 spiro atoms. The van der Waals surface area contributed by atoms with Gasteiger partial charge in [-0.05, 0) is 43.0 Å². The first-order valence-electron chi connectivity index (χ1n) is 7.40. The number of nitrogens with zero attached hydrogens (tertiary/aromatic N) is 1. The lowest BCUT2D eigenvalue weighted by Gasteiger charge is -2.32. The van der Waals surface area contributed by atoms with Crippen LogP contribution in [0.25, 0.3) is 0 Å². The summed E-state index contributed by atoms with van der Waals surface area (Å²) in [6.07, 6.45) is 3.40. The molecule has 1 saturated heterocycles. The van der Waals surface area contributed by atoms with Crippen molar-refractivity contribution < 1.29 is 14.3 Å². The normalized spacial score (nSPS) is 18.3. The van der Waals surface area contributed by atoms with Gasteiger partial charge in [0, 0.05) is 18.7 Å². The quantitative estimate of drug-likeness (QED) is 0.899. The summed E-state index contributed by atoms with van der Waals surface area (Å²) in [7, 11) is 0. The number of nitrogens with two attached hydrogens (primary N) is 1. The van der Waals surface area contributed by atoms with Crippen LogP contribution in [0.3, 0.4) is 0 Å². The second kappa shape index (κ2) is 7.11. The van der Waals surface area contributed by atoms with E-state index in [-0.39, 0.29) is 12.5 Å². The molecule has 0 bridgehead atoms. The lowest BCUT2D eigenvalue weighted by Crippen LogP contribution is -2.39. The van der Waals surface area contributed by atoms with Crippen LogP contribution in [0.2, 0.25) is 0 Å². The molecule has 0 radical (unpaired) electrons. The van der Waals surface area contributed by atoms with E-state index in [1.54, 1.807) is 24.3 Å². The maximum Gasteiger partial charge on any atom is 0.255 e. The van der Waals surface area contributed by atoms with Crippen LogP contribution < -0.4 is 10.5 Å². The second-order valence-electron chi connectivity index (χ2n) is 5.45. The van der Waals surface area contributed by atoms with Crippen LogP contribution >= 0.6 is 0 Å². The Morgan fingerprint density at radius 3 is 2.67 bits per heavy atom. The first-order chi connectivity index (χ1) is 10.1. The number of hydrogen-bond acceptors (Lipinski definition) is 3. The Hall–Kier alpha value is -2.04. The lowest BCUT2D eigenvalue weighted by atomic mass is 9.95. The van der Waals surface area contributed by atoms with E-state index in [0.717, 1.165) is 25.9 Å². The third kappa shape index (κ3) is 4.21. The molecule has 0 saturated carbocycles. The van der Waals surface area contributed by atoms with Gasteiger partial charge in [0.25, 0.3) is 11.8 Å². The van der Waals surface area contributed by atoms with Crippen molar-refractivity contribution in [1.82, 2.24) is 4.90 Å². The third-order valence-corrected chi connectivity index (χ3v) is 3.87. The van der Waals surface area contributed by atoms with E-state index in [1.165, 1.54) is 6.42 Å². The van der Waals surface area contributed by atoms with Gasteiger partial charge in [0.05, 0.1) is 0 Å². The Balaban J connectivity index is 1.97. The summed E-state index contributed by atoms with van der Waals surface area (Å²) in [6.45, 7) is 3.69. The van der Waals surface area contributed by atoms with Gasteiger partial charge in [-0.25, -0.2) is 0 Å². The molecule has 1 fully saturated rings. The maximum absolute atomic E-state index is 12.4. The monoisotopic (exact) mass is 290 g/mol. The van der Waals surface area contributed by atoms with Gasteiger partial charge in [-0.1, -0.05) is 13.3 Å². The summed E-state index contributed by atoms with van der Waals surface area (Å²) in [5, 5.41) is 0. The number of benzene rings is 1. The van der Waals surface area contributed by atoms with E-state index in [4.69, 9.17) is 10.5 Å². The molecule has 21 heavy (non-hydrogen) atoms. The van der Waals surface area contributed by atoms with Gasteiger partial charge in [0.15, 0.2) is 6.61 Å². The van der Waals surface area contributed by atoms with Crippen molar-refractivity contribution in [2.45, 2.75) is 26.2 Å². The number of ether oxygens (including phenoxy) is 1. The zero-order valence-corrected chi connectivity index (χ0v) is 12.4. The van der Waals surface area contributed by atoms with Gasteiger partial charge < -0.3 is 15.4 Å². The molecular formula is C16H22N2O3. The average molecular weight is 290 g/mol. The fraction of sp³-hybridized carbons (Fsp3) is 0.500. The summed E-state index contributed by atoms with van der Waals surface area (Å²) in [6, 6.07) is 6.84. The first-order valence-corrected chi connectivity index (χ1v) is 7.40. The molecule has 0 aromatic heterocycles. The Labute approximate surface area is 125 Å². The largest absolute Gasteiger partial charge is 0.484 e.